The SMILES string of the molecule is CC(C)(C)OC(=O)NCCC=O.CON(C)C(=O)CCNC(=O)OC(C)(C)C.O=S(=O)([O-])O.[K+]. The van der Waals surface area contributed by atoms with Crippen LogP contribution in [0.4, 0.5) is 9.59 Å². The van der Waals surface area contributed by atoms with Gasteiger partial charge in [-0.2, -0.15) is 0 Å². The van der Waals surface area contributed by atoms with Crippen LogP contribution in [0, 0.1) is 0 Å². The summed E-state index contributed by atoms with van der Waals surface area (Å²) in [5.74, 6) is -0.210. The predicted octanol–water partition coefficient (Wildman–Crippen LogP) is -1.97. The van der Waals surface area contributed by atoms with E-state index < -0.39 is 33.8 Å². The second-order valence-electron chi connectivity index (χ2n) is 8.06. The van der Waals surface area contributed by atoms with Gasteiger partial charge in [-0.05, 0) is 41.5 Å². The van der Waals surface area contributed by atoms with E-state index in [1.54, 1.807) is 41.5 Å². The van der Waals surface area contributed by atoms with Crippen LogP contribution in [0.25, 0.3) is 0 Å². The van der Waals surface area contributed by atoms with Crippen molar-refractivity contribution in [3.8, 4) is 0 Å². The summed E-state index contributed by atoms with van der Waals surface area (Å²) in [6.45, 7) is 11.2. The Morgan fingerprint density at radius 1 is 0.971 bits per heavy atom. The second kappa shape index (κ2) is 20.3. The van der Waals surface area contributed by atoms with Crippen molar-refractivity contribution in [2.24, 2.45) is 0 Å². The third kappa shape index (κ3) is 41.4. The number of hydrogen-bond acceptors (Lipinski definition) is 10. The molecule has 0 spiro atoms. The summed E-state index contributed by atoms with van der Waals surface area (Å²) < 4.78 is 42.8. The zero-order valence-corrected chi connectivity index (χ0v) is 25.2. The molecule has 3 N–H and O–H groups in total. The number of alkyl carbamates (subject to hydrolysis) is 2. The Morgan fingerprint density at radius 3 is 1.62 bits per heavy atom. The summed E-state index contributed by atoms with van der Waals surface area (Å²) in [5, 5.41) is 6.04. The molecule has 0 aliphatic heterocycles. The van der Waals surface area contributed by atoms with Crippen LogP contribution in [0.15, 0.2) is 0 Å². The molecule has 0 aromatic carbocycles. The standard InChI is InChI=1S/C10H20N2O4.C8H15NO3.K.H2O4S/c1-10(2,3)16-9(14)11-7-6-8(13)12(4)15-5;1-8(2,3)12-7(11)9-5-4-6-10;;1-5(2,3)4/h6-7H2,1-5H3,(H,11,14);6H,4-5H2,1-3H3,(H,9,11);;(H2,1,2,3,4)/q;;+1;/p-1. The van der Waals surface area contributed by atoms with E-state index >= 15 is 0 Å². The minimum absolute atomic E-state index is 0. The van der Waals surface area contributed by atoms with Crippen LogP contribution in [0.5, 0.6) is 0 Å². The summed E-state index contributed by atoms with van der Waals surface area (Å²) in [5.41, 5.74) is -1.01. The van der Waals surface area contributed by atoms with Gasteiger partial charge in [0.05, 0.1) is 7.11 Å². The topological polar surface area (TPSA) is 201 Å². The number of nitrogens with one attached hydrogen (secondary N) is 2. The fraction of sp³-hybridized carbons (Fsp3) is 0.778. The number of nitrogens with zero attached hydrogens (tertiary/aromatic N) is 1. The molecule has 0 rings (SSSR count). The van der Waals surface area contributed by atoms with E-state index in [4.69, 9.17) is 27.0 Å². The first-order chi connectivity index (χ1) is 14.7. The third-order valence-corrected chi connectivity index (χ3v) is 2.56. The molecule has 0 aliphatic rings. The molecule has 196 valence electrons. The van der Waals surface area contributed by atoms with Gasteiger partial charge in [0.25, 0.3) is 0 Å². The Kier molecular flexibility index (Phi) is 24.1. The van der Waals surface area contributed by atoms with Crippen molar-refractivity contribution in [3.63, 3.8) is 0 Å². The van der Waals surface area contributed by atoms with Crippen LogP contribution in [0.1, 0.15) is 54.4 Å². The van der Waals surface area contributed by atoms with Crippen molar-refractivity contribution < 1.29 is 102 Å². The van der Waals surface area contributed by atoms with E-state index in [1.165, 1.54) is 14.2 Å². The average molecular weight is 542 g/mol. The summed E-state index contributed by atoms with van der Waals surface area (Å²) in [6, 6.07) is 0. The molecule has 0 bridgehead atoms. The molecule has 0 heterocycles. The number of rotatable bonds is 7. The molecule has 0 aliphatic carbocycles. The number of hydrogen-bond donors (Lipinski definition) is 3. The van der Waals surface area contributed by atoms with Crippen molar-refractivity contribution in [2.75, 3.05) is 27.2 Å². The van der Waals surface area contributed by atoms with Crippen LogP contribution < -0.4 is 62.0 Å². The van der Waals surface area contributed by atoms with Gasteiger partial charge in [0, 0.05) is 33.0 Å². The maximum absolute atomic E-state index is 11.2. The summed E-state index contributed by atoms with van der Waals surface area (Å²) in [7, 11) is -2.00. The van der Waals surface area contributed by atoms with Crippen LogP contribution in [0.2, 0.25) is 0 Å². The maximum atomic E-state index is 11.2. The van der Waals surface area contributed by atoms with Gasteiger partial charge in [-0.1, -0.05) is 0 Å². The monoisotopic (exact) mass is 541 g/mol. The smallest absolute Gasteiger partial charge is 0.726 e. The van der Waals surface area contributed by atoms with Crippen LogP contribution in [-0.2, 0) is 34.3 Å². The van der Waals surface area contributed by atoms with E-state index in [0.29, 0.717) is 13.0 Å². The predicted molar refractivity (Wildman–Crippen MR) is 116 cm³/mol. The van der Waals surface area contributed by atoms with Gasteiger partial charge < -0.3 is 29.5 Å². The number of hydroxylamine groups is 2. The minimum atomic E-state index is -4.92. The fourth-order valence-electron chi connectivity index (χ4n) is 1.39. The molecule has 0 aromatic rings. The van der Waals surface area contributed by atoms with E-state index in [1.807, 2.05) is 0 Å². The van der Waals surface area contributed by atoms with Crippen LogP contribution in [-0.4, -0.2) is 85.4 Å². The van der Waals surface area contributed by atoms with E-state index in [-0.39, 0.29) is 70.3 Å². The largest absolute Gasteiger partial charge is 1.00 e. The molecular weight excluding hydrogens is 505 g/mol. The van der Waals surface area contributed by atoms with Gasteiger partial charge in [-0.25, -0.2) is 23.1 Å². The van der Waals surface area contributed by atoms with E-state index in [9.17, 15) is 19.2 Å². The first kappa shape index (κ1) is 40.3. The molecule has 16 heteroatoms. The maximum Gasteiger partial charge on any atom is 1.00 e. The molecule has 0 fully saturated rings. The Labute approximate surface area is 243 Å². The molecule has 3 amide bonds. The number of ether oxygens (including phenoxy) is 2. The molecule has 0 saturated heterocycles. The van der Waals surface area contributed by atoms with Crippen molar-refractivity contribution in [3.05, 3.63) is 0 Å². The summed E-state index contributed by atoms with van der Waals surface area (Å²) in [6.07, 6.45) is 0.227. The summed E-state index contributed by atoms with van der Waals surface area (Å²) >= 11 is 0. The molecular formula is C18H36KN3O11S. The normalized spacial score (nSPS) is 10.5. The zero-order valence-electron chi connectivity index (χ0n) is 21.3. The zero-order chi connectivity index (χ0) is 26.9. The van der Waals surface area contributed by atoms with Crippen LogP contribution in [0.3, 0.4) is 0 Å². The Hall–Kier alpha value is -0.854. The Bertz CT molecular complexity index is 697. The fourth-order valence-corrected chi connectivity index (χ4v) is 1.39. The minimum Gasteiger partial charge on any atom is -0.726 e. The molecule has 0 saturated carbocycles. The van der Waals surface area contributed by atoms with Gasteiger partial charge in [-0.15, -0.1) is 0 Å². The van der Waals surface area contributed by atoms with Crippen molar-refractivity contribution in [1.29, 1.82) is 0 Å². The first-order valence-corrected chi connectivity index (χ1v) is 10.9. The van der Waals surface area contributed by atoms with Gasteiger partial charge in [0.1, 0.15) is 17.5 Å². The van der Waals surface area contributed by atoms with Gasteiger partial charge >= 0.3 is 63.6 Å². The summed E-state index contributed by atoms with van der Waals surface area (Å²) in [4.78, 5) is 47.9. The average Bonchev–Trinajstić information content (AvgIpc) is 2.57. The Balaban J connectivity index is -0.000000221. The van der Waals surface area contributed by atoms with E-state index in [0.717, 1.165) is 11.3 Å². The third-order valence-electron chi connectivity index (χ3n) is 2.56. The van der Waals surface area contributed by atoms with Gasteiger partial charge in [-0.3, -0.25) is 14.2 Å². The number of aldehydes is 1. The van der Waals surface area contributed by atoms with Crippen LogP contribution >= 0.6 is 0 Å². The van der Waals surface area contributed by atoms with Gasteiger partial charge in [0.15, 0.2) is 0 Å². The molecule has 0 radical (unpaired) electrons. The molecule has 14 nitrogen and oxygen atoms in total. The number of carbonyl (C=O) groups excluding carboxylic acids is 4. The second-order valence-corrected chi connectivity index (χ2v) is 8.92. The van der Waals surface area contributed by atoms with Crippen molar-refractivity contribution >= 4 is 34.8 Å². The molecule has 0 atom stereocenters. The van der Waals surface area contributed by atoms with Gasteiger partial charge in [0.2, 0.25) is 16.3 Å². The molecule has 0 aromatic heterocycles. The quantitative estimate of drug-likeness (QED) is 0.0806. The first-order valence-electron chi connectivity index (χ1n) is 9.58. The number of carbonyl (C=O) groups is 4. The Morgan fingerprint density at radius 2 is 1.32 bits per heavy atom. The molecule has 0 unspecified atom stereocenters. The van der Waals surface area contributed by atoms with Crippen molar-refractivity contribution in [2.45, 2.75) is 65.6 Å². The van der Waals surface area contributed by atoms with Crippen molar-refractivity contribution in [1.82, 2.24) is 15.7 Å². The van der Waals surface area contributed by atoms with E-state index in [2.05, 4.69) is 15.5 Å². The molecule has 34 heavy (non-hydrogen) atoms. The number of amides is 3.